The van der Waals surface area contributed by atoms with Crippen LogP contribution in [0.25, 0.3) is 0 Å². The Morgan fingerprint density at radius 1 is 1.50 bits per heavy atom. The maximum Gasteiger partial charge on any atom is 0.311 e. The van der Waals surface area contributed by atoms with Crippen molar-refractivity contribution in [1.29, 1.82) is 0 Å². The van der Waals surface area contributed by atoms with Crippen LogP contribution >= 0.6 is 27.5 Å². The van der Waals surface area contributed by atoms with Crippen molar-refractivity contribution >= 4 is 39.4 Å². The molecule has 0 aromatic heterocycles. The largest absolute Gasteiger partial charge is 0.481 e. The summed E-state index contributed by atoms with van der Waals surface area (Å²) in [6, 6.07) is 4.54. The fourth-order valence-corrected chi connectivity index (χ4v) is 3.43. The number of rotatable bonds is 3. The van der Waals surface area contributed by atoms with Crippen molar-refractivity contribution in [3.8, 4) is 0 Å². The Morgan fingerprint density at radius 3 is 2.80 bits per heavy atom. The fraction of sp³-hybridized carbons (Fsp3) is 0.429. The Balaban J connectivity index is 2.17. The van der Waals surface area contributed by atoms with Gasteiger partial charge in [-0.25, -0.2) is 0 Å². The lowest BCUT2D eigenvalue weighted by Crippen LogP contribution is -2.47. The van der Waals surface area contributed by atoms with E-state index in [9.17, 15) is 14.7 Å². The Kier molecular flexibility index (Phi) is 4.39. The summed E-state index contributed by atoms with van der Waals surface area (Å²) in [5.41, 5.74) is -0.441. The third kappa shape index (κ3) is 2.83. The molecule has 4 nitrogen and oxygen atoms in total. The van der Waals surface area contributed by atoms with E-state index in [-0.39, 0.29) is 11.9 Å². The second-order valence-corrected chi connectivity index (χ2v) is 6.56. The Labute approximate surface area is 130 Å². The maximum absolute atomic E-state index is 12.3. The fourth-order valence-electron chi connectivity index (χ4n) is 2.56. The summed E-state index contributed by atoms with van der Waals surface area (Å²) in [5, 5.41) is 12.7. The normalized spacial score (nSPS) is 25.4. The molecule has 0 bridgehead atoms. The number of benzene rings is 1. The number of carbonyl (C=O) groups excluding carboxylic acids is 1. The monoisotopic (exact) mass is 359 g/mol. The molecule has 0 radical (unpaired) electrons. The van der Waals surface area contributed by atoms with Crippen molar-refractivity contribution < 1.29 is 14.7 Å². The van der Waals surface area contributed by atoms with Gasteiger partial charge < -0.3 is 10.4 Å². The molecule has 1 amide bonds. The minimum Gasteiger partial charge on any atom is -0.481 e. The van der Waals surface area contributed by atoms with Gasteiger partial charge in [0.25, 0.3) is 5.91 Å². The first-order chi connectivity index (χ1) is 9.34. The minimum absolute atomic E-state index is 0.284. The number of nitrogens with one attached hydrogen (secondary N) is 1. The quantitative estimate of drug-likeness (QED) is 0.867. The van der Waals surface area contributed by atoms with E-state index in [1.54, 1.807) is 25.1 Å². The van der Waals surface area contributed by atoms with Gasteiger partial charge in [0.1, 0.15) is 0 Å². The molecule has 2 unspecified atom stereocenters. The van der Waals surface area contributed by atoms with Crippen LogP contribution in [0.4, 0.5) is 0 Å². The highest BCUT2D eigenvalue weighted by molar-refractivity contribution is 9.10. The average Bonchev–Trinajstić information content (AvgIpc) is 2.72. The lowest BCUT2D eigenvalue weighted by molar-refractivity contribution is -0.148. The van der Waals surface area contributed by atoms with Crippen molar-refractivity contribution in [2.45, 2.75) is 32.2 Å². The summed E-state index contributed by atoms with van der Waals surface area (Å²) >= 11 is 9.13. The Morgan fingerprint density at radius 2 is 2.20 bits per heavy atom. The molecule has 2 atom stereocenters. The molecule has 0 spiro atoms. The van der Waals surface area contributed by atoms with Gasteiger partial charge in [-0.3, -0.25) is 9.59 Å². The van der Waals surface area contributed by atoms with Crippen molar-refractivity contribution in [3.05, 3.63) is 33.3 Å². The van der Waals surface area contributed by atoms with Gasteiger partial charge in [0.15, 0.2) is 0 Å². The van der Waals surface area contributed by atoms with Gasteiger partial charge in [0.2, 0.25) is 0 Å². The molecule has 1 fully saturated rings. The number of amides is 1. The number of carboxylic acids is 1. The molecular formula is C14H15BrClNO3. The van der Waals surface area contributed by atoms with Crippen LogP contribution in [0.1, 0.15) is 36.5 Å². The van der Waals surface area contributed by atoms with Crippen molar-refractivity contribution in [2.75, 3.05) is 0 Å². The van der Waals surface area contributed by atoms with E-state index in [4.69, 9.17) is 11.6 Å². The van der Waals surface area contributed by atoms with E-state index >= 15 is 0 Å². The van der Waals surface area contributed by atoms with Gasteiger partial charge in [0.05, 0.1) is 11.0 Å². The molecular weight excluding hydrogens is 346 g/mol. The van der Waals surface area contributed by atoms with E-state index in [1.807, 2.05) is 0 Å². The smallest absolute Gasteiger partial charge is 0.311 e. The molecule has 6 heteroatoms. The Bertz CT molecular complexity index is 563. The molecule has 1 aliphatic carbocycles. The molecule has 1 aromatic carbocycles. The van der Waals surface area contributed by atoms with Gasteiger partial charge in [-0.15, -0.1) is 0 Å². The van der Waals surface area contributed by atoms with Crippen molar-refractivity contribution in [2.24, 2.45) is 5.41 Å². The van der Waals surface area contributed by atoms with Crippen LogP contribution in [0.2, 0.25) is 5.02 Å². The highest BCUT2D eigenvalue weighted by Gasteiger charge is 2.46. The van der Waals surface area contributed by atoms with E-state index in [2.05, 4.69) is 21.2 Å². The predicted molar refractivity (Wildman–Crippen MR) is 80.0 cm³/mol. The SMILES string of the molecule is CC1(C(=O)O)CCCC1NC(=O)c1ccc(Cl)cc1Br. The van der Waals surface area contributed by atoms with Crippen LogP contribution in [0, 0.1) is 5.41 Å². The van der Waals surface area contributed by atoms with Gasteiger partial charge in [-0.2, -0.15) is 0 Å². The summed E-state index contributed by atoms with van der Waals surface area (Å²) in [6.45, 7) is 1.68. The summed E-state index contributed by atoms with van der Waals surface area (Å²) in [6.07, 6.45) is 2.06. The van der Waals surface area contributed by atoms with E-state index < -0.39 is 11.4 Å². The first-order valence-corrected chi connectivity index (χ1v) is 7.51. The van der Waals surface area contributed by atoms with Gasteiger partial charge >= 0.3 is 5.97 Å². The summed E-state index contributed by atoms with van der Waals surface area (Å²) in [5.74, 6) is -1.15. The second-order valence-electron chi connectivity index (χ2n) is 5.27. The number of carboxylic acid groups (broad SMARTS) is 1. The van der Waals surface area contributed by atoms with Crippen LogP contribution in [0.5, 0.6) is 0 Å². The molecule has 1 saturated carbocycles. The van der Waals surface area contributed by atoms with Crippen LogP contribution in [-0.4, -0.2) is 23.0 Å². The minimum atomic E-state index is -0.894. The zero-order valence-electron chi connectivity index (χ0n) is 11.0. The highest BCUT2D eigenvalue weighted by Crippen LogP contribution is 2.38. The summed E-state index contributed by atoms with van der Waals surface area (Å²) in [7, 11) is 0. The van der Waals surface area contributed by atoms with Crippen molar-refractivity contribution in [3.63, 3.8) is 0 Å². The van der Waals surface area contributed by atoms with Gasteiger partial charge in [0, 0.05) is 15.5 Å². The number of carbonyl (C=O) groups is 2. The van der Waals surface area contributed by atoms with Crippen LogP contribution in [0.3, 0.4) is 0 Å². The zero-order chi connectivity index (χ0) is 14.9. The molecule has 2 rings (SSSR count). The Hall–Kier alpha value is -1.07. The standard InChI is InChI=1S/C14H15BrClNO3/c1-14(13(19)20)6-2-3-11(14)17-12(18)9-5-4-8(16)7-10(9)15/h4-5,7,11H,2-3,6H2,1H3,(H,17,18)(H,19,20). The molecule has 1 aliphatic rings. The van der Waals surface area contributed by atoms with Crippen LogP contribution < -0.4 is 5.32 Å². The third-order valence-electron chi connectivity index (χ3n) is 3.93. The lowest BCUT2D eigenvalue weighted by Gasteiger charge is -2.27. The van der Waals surface area contributed by atoms with Crippen LogP contribution in [-0.2, 0) is 4.79 Å². The number of hydrogen-bond acceptors (Lipinski definition) is 2. The molecule has 108 valence electrons. The molecule has 0 saturated heterocycles. The lowest BCUT2D eigenvalue weighted by atomic mass is 9.85. The molecule has 1 aromatic rings. The van der Waals surface area contributed by atoms with E-state index in [1.165, 1.54) is 0 Å². The molecule has 0 heterocycles. The van der Waals surface area contributed by atoms with Gasteiger partial charge in [-0.05, 0) is 53.9 Å². The first kappa shape index (κ1) is 15.3. The first-order valence-electron chi connectivity index (χ1n) is 6.34. The highest BCUT2D eigenvalue weighted by atomic mass is 79.9. The predicted octanol–water partition coefficient (Wildman–Crippen LogP) is 3.48. The number of halogens is 2. The molecule has 0 aliphatic heterocycles. The number of aliphatic carboxylic acids is 1. The zero-order valence-corrected chi connectivity index (χ0v) is 13.3. The molecule has 20 heavy (non-hydrogen) atoms. The van der Waals surface area contributed by atoms with Crippen LogP contribution in [0.15, 0.2) is 22.7 Å². The summed E-state index contributed by atoms with van der Waals surface area (Å²) in [4.78, 5) is 23.7. The maximum atomic E-state index is 12.3. The summed E-state index contributed by atoms with van der Waals surface area (Å²) < 4.78 is 0.595. The third-order valence-corrected chi connectivity index (χ3v) is 4.82. The van der Waals surface area contributed by atoms with E-state index in [0.29, 0.717) is 27.9 Å². The van der Waals surface area contributed by atoms with Gasteiger partial charge in [-0.1, -0.05) is 18.0 Å². The topological polar surface area (TPSA) is 66.4 Å². The van der Waals surface area contributed by atoms with E-state index in [0.717, 1.165) is 6.42 Å². The molecule has 2 N–H and O–H groups in total. The second kappa shape index (κ2) is 5.74. The average molecular weight is 361 g/mol. The number of hydrogen-bond donors (Lipinski definition) is 2. The van der Waals surface area contributed by atoms with Crippen molar-refractivity contribution in [1.82, 2.24) is 5.32 Å².